The number of nitrogens with one attached hydrogen (secondary N) is 1. The van der Waals surface area contributed by atoms with Crippen molar-refractivity contribution < 1.29 is 4.79 Å². The van der Waals surface area contributed by atoms with Gasteiger partial charge in [-0.05, 0) is 37.6 Å². The minimum absolute atomic E-state index is 0.0812. The molecule has 2 aromatic carbocycles. The molecule has 0 saturated heterocycles. The highest BCUT2D eigenvalue weighted by molar-refractivity contribution is 5.95. The Morgan fingerprint density at radius 1 is 1.11 bits per heavy atom. The van der Waals surface area contributed by atoms with Crippen LogP contribution in [0.2, 0.25) is 0 Å². The van der Waals surface area contributed by atoms with Crippen LogP contribution in [0, 0.1) is 0 Å². The molecule has 5 nitrogen and oxygen atoms in total. The minimum atomic E-state index is -0.0812. The standard InChI is InChI=1S/C22H26N4O/c1-4-21-20(16-24-26(21)19-13-9-6-10-14-19)22(27)23-15-17(2)25(3)18-11-7-5-8-12-18/h5-14,16-17H,4,15H2,1-3H3,(H,23,27). The minimum Gasteiger partial charge on any atom is -0.370 e. The van der Waals surface area contributed by atoms with E-state index < -0.39 is 0 Å². The molecule has 1 N–H and O–H groups in total. The van der Waals surface area contributed by atoms with Crippen LogP contribution in [0.4, 0.5) is 5.69 Å². The molecule has 0 spiro atoms. The first-order valence-corrected chi connectivity index (χ1v) is 9.30. The van der Waals surface area contributed by atoms with E-state index in [0.29, 0.717) is 12.1 Å². The summed E-state index contributed by atoms with van der Waals surface area (Å²) in [6.45, 7) is 4.70. The van der Waals surface area contributed by atoms with Gasteiger partial charge < -0.3 is 10.2 Å². The van der Waals surface area contributed by atoms with Gasteiger partial charge in [-0.25, -0.2) is 4.68 Å². The monoisotopic (exact) mass is 362 g/mol. The van der Waals surface area contributed by atoms with Crippen molar-refractivity contribution >= 4 is 11.6 Å². The Morgan fingerprint density at radius 2 is 1.74 bits per heavy atom. The number of carbonyl (C=O) groups is 1. The second-order valence-corrected chi connectivity index (χ2v) is 6.61. The molecule has 1 amide bonds. The number of nitrogens with zero attached hydrogens (tertiary/aromatic N) is 3. The fourth-order valence-corrected chi connectivity index (χ4v) is 3.09. The molecule has 27 heavy (non-hydrogen) atoms. The van der Waals surface area contributed by atoms with Crippen molar-refractivity contribution in [2.45, 2.75) is 26.3 Å². The third-order valence-corrected chi connectivity index (χ3v) is 4.83. The number of benzene rings is 2. The van der Waals surface area contributed by atoms with Gasteiger partial charge in [0.25, 0.3) is 5.91 Å². The van der Waals surface area contributed by atoms with Crippen molar-refractivity contribution in [3.63, 3.8) is 0 Å². The number of amides is 1. The maximum Gasteiger partial charge on any atom is 0.254 e. The Bertz CT molecular complexity index is 874. The van der Waals surface area contributed by atoms with Gasteiger partial charge in [-0.3, -0.25) is 4.79 Å². The fraction of sp³-hybridized carbons (Fsp3) is 0.273. The molecule has 1 aromatic heterocycles. The van der Waals surface area contributed by atoms with Crippen LogP contribution in [-0.4, -0.2) is 35.3 Å². The van der Waals surface area contributed by atoms with Gasteiger partial charge >= 0.3 is 0 Å². The van der Waals surface area contributed by atoms with Crippen LogP contribution < -0.4 is 10.2 Å². The lowest BCUT2D eigenvalue weighted by molar-refractivity contribution is 0.0950. The highest BCUT2D eigenvalue weighted by Gasteiger charge is 2.18. The molecule has 3 aromatic rings. The molecule has 0 fully saturated rings. The molecular formula is C22H26N4O. The van der Waals surface area contributed by atoms with Crippen molar-refractivity contribution in [1.82, 2.24) is 15.1 Å². The average Bonchev–Trinajstić information content (AvgIpc) is 3.16. The summed E-state index contributed by atoms with van der Waals surface area (Å²) in [6.07, 6.45) is 2.39. The second kappa shape index (κ2) is 8.54. The summed E-state index contributed by atoms with van der Waals surface area (Å²) in [7, 11) is 2.04. The number of para-hydroxylation sites is 2. The Morgan fingerprint density at radius 3 is 2.37 bits per heavy atom. The summed E-state index contributed by atoms with van der Waals surface area (Å²) in [5.41, 5.74) is 3.65. The van der Waals surface area contributed by atoms with Gasteiger partial charge in [-0.2, -0.15) is 5.10 Å². The van der Waals surface area contributed by atoms with Crippen LogP contribution in [-0.2, 0) is 6.42 Å². The molecule has 3 rings (SSSR count). The first-order chi connectivity index (χ1) is 13.1. The molecule has 1 heterocycles. The predicted molar refractivity (Wildman–Crippen MR) is 110 cm³/mol. The highest BCUT2D eigenvalue weighted by Crippen LogP contribution is 2.16. The third kappa shape index (κ3) is 4.19. The molecule has 5 heteroatoms. The van der Waals surface area contributed by atoms with E-state index in [4.69, 9.17) is 0 Å². The van der Waals surface area contributed by atoms with E-state index in [-0.39, 0.29) is 11.9 Å². The SMILES string of the molecule is CCc1c(C(=O)NCC(C)N(C)c2ccccc2)cnn1-c1ccccc1. The smallest absolute Gasteiger partial charge is 0.254 e. The maximum atomic E-state index is 12.7. The molecule has 0 bridgehead atoms. The van der Waals surface area contributed by atoms with Crippen molar-refractivity contribution in [1.29, 1.82) is 0 Å². The molecule has 0 aliphatic heterocycles. The quantitative estimate of drug-likeness (QED) is 0.697. The van der Waals surface area contributed by atoms with Crippen LogP contribution in [0.5, 0.6) is 0 Å². The van der Waals surface area contributed by atoms with E-state index in [2.05, 4.69) is 34.4 Å². The van der Waals surface area contributed by atoms with Gasteiger partial charge in [0.15, 0.2) is 0 Å². The lowest BCUT2D eigenvalue weighted by atomic mass is 10.1. The Kier molecular flexibility index (Phi) is 5.91. The number of likely N-dealkylation sites (N-methyl/N-ethyl adjacent to an activating group) is 1. The molecule has 0 aliphatic carbocycles. The van der Waals surface area contributed by atoms with E-state index in [1.54, 1.807) is 6.20 Å². The molecule has 1 atom stereocenters. The summed E-state index contributed by atoms with van der Waals surface area (Å²) in [6, 6.07) is 20.2. The van der Waals surface area contributed by atoms with Gasteiger partial charge in [0, 0.05) is 25.3 Å². The van der Waals surface area contributed by atoms with Gasteiger partial charge in [0.05, 0.1) is 23.1 Å². The number of hydrogen-bond donors (Lipinski definition) is 1. The van der Waals surface area contributed by atoms with Crippen LogP contribution in [0.25, 0.3) is 5.69 Å². The van der Waals surface area contributed by atoms with Crippen molar-refractivity contribution in [2.24, 2.45) is 0 Å². The molecule has 1 unspecified atom stereocenters. The highest BCUT2D eigenvalue weighted by atomic mass is 16.1. The lowest BCUT2D eigenvalue weighted by Gasteiger charge is -2.27. The number of anilines is 1. The van der Waals surface area contributed by atoms with E-state index in [1.807, 2.05) is 67.2 Å². The first kappa shape index (κ1) is 18.7. The predicted octanol–water partition coefficient (Wildman–Crippen LogP) is 3.69. The van der Waals surface area contributed by atoms with Crippen molar-refractivity contribution in [3.05, 3.63) is 78.1 Å². The second-order valence-electron chi connectivity index (χ2n) is 6.61. The lowest BCUT2D eigenvalue weighted by Crippen LogP contribution is -2.40. The van der Waals surface area contributed by atoms with Crippen LogP contribution in [0.3, 0.4) is 0 Å². The fourth-order valence-electron chi connectivity index (χ4n) is 3.09. The van der Waals surface area contributed by atoms with Gasteiger partial charge in [0.2, 0.25) is 0 Å². The van der Waals surface area contributed by atoms with Gasteiger partial charge in [-0.1, -0.05) is 43.3 Å². The van der Waals surface area contributed by atoms with Crippen molar-refractivity contribution in [3.8, 4) is 5.69 Å². The summed E-state index contributed by atoms with van der Waals surface area (Å²) >= 11 is 0. The molecule has 0 radical (unpaired) electrons. The third-order valence-electron chi connectivity index (χ3n) is 4.83. The van der Waals surface area contributed by atoms with E-state index in [0.717, 1.165) is 23.5 Å². The zero-order valence-corrected chi connectivity index (χ0v) is 16.1. The average molecular weight is 362 g/mol. The number of rotatable bonds is 7. The Labute approximate surface area is 160 Å². The number of aromatic nitrogens is 2. The summed E-state index contributed by atoms with van der Waals surface area (Å²) in [5, 5.41) is 7.49. The van der Waals surface area contributed by atoms with E-state index in [9.17, 15) is 4.79 Å². The van der Waals surface area contributed by atoms with E-state index >= 15 is 0 Å². The maximum absolute atomic E-state index is 12.7. The van der Waals surface area contributed by atoms with Crippen LogP contribution >= 0.6 is 0 Å². The molecule has 140 valence electrons. The zero-order valence-electron chi connectivity index (χ0n) is 16.1. The largest absolute Gasteiger partial charge is 0.370 e. The zero-order chi connectivity index (χ0) is 19.2. The molecular weight excluding hydrogens is 336 g/mol. The Balaban J connectivity index is 1.69. The molecule has 0 aliphatic rings. The Hall–Kier alpha value is -3.08. The van der Waals surface area contributed by atoms with Gasteiger partial charge in [0.1, 0.15) is 0 Å². The van der Waals surface area contributed by atoms with Crippen LogP contribution in [0.1, 0.15) is 29.9 Å². The topological polar surface area (TPSA) is 50.2 Å². The van der Waals surface area contributed by atoms with Crippen molar-refractivity contribution in [2.75, 3.05) is 18.5 Å². The summed E-state index contributed by atoms with van der Waals surface area (Å²) in [4.78, 5) is 14.9. The summed E-state index contributed by atoms with van der Waals surface area (Å²) in [5.74, 6) is -0.0812. The number of carbonyl (C=O) groups excluding carboxylic acids is 1. The molecule has 0 saturated carbocycles. The van der Waals surface area contributed by atoms with Gasteiger partial charge in [-0.15, -0.1) is 0 Å². The number of hydrogen-bond acceptors (Lipinski definition) is 3. The van der Waals surface area contributed by atoms with Crippen LogP contribution in [0.15, 0.2) is 66.9 Å². The summed E-state index contributed by atoms with van der Waals surface area (Å²) < 4.78 is 1.84. The van der Waals surface area contributed by atoms with E-state index in [1.165, 1.54) is 0 Å². The normalized spacial score (nSPS) is 11.8. The first-order valence-electron chi connectivity index (χ1n) is 9.30.